The predicted molar refractivity (Wildman–Crippen MR) is 114 cm³/mol. The van der Waals surface area contributed by atoms with E-state index >= 15 is 0 Å². The number of nitrogens with zero attached hydrogens (tertiary/aromatic N) is 1. The van der Waals surface area contributed by atoms with Crippen LogP contribution in [0.2, 0.25) is 10.0 Å². The van der Waals surface area contributed by atoms with Gasteiger partial charge in [-0.25, -0.2) is 0 Å². The first-order valence-electron chi connectivity index (χ1n) is 8.35. The molecule has 0 radical (unpaired) electrons. The number of rotatable bonds is 5. The van der Waals surface area contributed by atoms with Gasteiger partial charge < -0.3 is 4.18 Å². The van der Waals surface area contributed by atoms with Gasteiger partial charge in [-0.05, 0) is 73.5 Å². The molecule has 7 heteroatoms. The van der Waals surface area contributed by atoms with Crippen molar-refractivity contribution in [3.05, 3.63) is 87.4 Å². The molecule has 4 nitrogen and oxygen atoms in total. The van der Waals surface area contributed by atoms with E-state index in [0.29, 0.717) is 5.02 Å². The quantitative estimate of drug-likeness (QED) is 0.359. The van der Waals surface area contributed by atoms with E-state index in [0.717, 1.165) is 16.8 Å². The summed E-state index contributed by atoms with van der Waals surface area (Å²) < 4.78 is 29.9. The zero-order valence-electron chi connectivity index (χ0n) is 15.2. The fourth-order valence-electron chi connectivity index (χ4n) is 2.53. The Kier molecular flexibility index (Phi) is 6.08. The standard InChI is InChI=1S/C21H17Cl2NO3S/c1-14-3-9-20(15(2)11-14)24-13-16-4-10-21(19(23)12-16)27-28(25,26)18-7-5-17(22)6-8-18/h3-13H,1-2H3. The summed E-state index contributed by atoms with van der Waals surface area (Å²) in [5.74, 6) is 0.0419. The number of benzene rings is 3. The van der Waals surface area contributed by atoms with Crippen molar-refractivity contribution in [2.45, 2.75) is 18.7 Å². The molecule has 0 spiro atoms. The normalized spacial score (nSPS) is 11.7. The van der Waals surface area contributed by atoms with Crippen molar-refractivity contribution in [2.75, 3.05) is 0 Å². The van der Waals surface area contributed by atoms with E-state index in [2.05, 4.69) is 11.1 Å². The zero-order valence-corrected chi connectivity index (χ0v) is 17.5. The van der Waals surface area contributed by atoms with Crippen LogP contribution in [-0.4, -0.2) is 14.6 Å². The van der Waals surface area contributed by atoms with Crippen LogP contribution in [0.1, 0.15) is 16.7 Å². The highest BCUT2D eigenvalue weighted by Crippen LogP contribution is 2.29. The molecule has 0 aromatic heterocycles. The lowest BCUT2D eigenvalue weighted by atomic mass is 10.1. The van der Waals surface area contributed by atoms with Gasteiger partial charge in [0.2, 0.25) is 0 Å². The molecule has 144 valence electrons. The van der Waals surface area contributed by atoms with Gasteiger partial charge in [-0.1, -0.05) is 40.9 Å². The Hall–Kier alpha value is -2.34. The van der Waals surface area contributed by atoms with Crippen LogP contribution in [0.15, 0.2) is 70.6 Å². The van der Waals surface area contributed by atoms with Gasteiger partial charge in [0, 0.05) is 11.2 Å². The zero-order chi connectivity index (χ0) is 20.3. The van der Waals surface area contributed by atoms with Crippen molar-refractivity contribution >= 4 is 45.2 Å². The second-order valence-electron chi connectivity index (χ2n) is 6.23. The molecular weight excluding hydrogens is 417 g/mol. The molecule has 3 aromatic carbocycles. The summed E-state index contributed by atoms with van der Waals surface area (Å²) in [5.41, 5.74) is 3.81. The molecule has 0 heterocycles. The van der Waals surface area contributed by atoms with Crippen LogP contribution in [0.25, 0.3) is 0 Å². The van der Waals surface area contributed by atoms with Gasteiger partial charge in [0.05, 0.1) is 10.7 Å². The van der Waals surface area contributed by atoms with Crippen molar-refractivity contribution in [1.82, 2.24) is 0 Å². The molecule has 0 saturated heterocycles. The third-order valence-electron chi connectivity index (χ3n) is 3.96. The Labute approximate surface area is 174 Å². The van der Waals surface area contributed by atoms with Crippen molar-refractivity contribution < 1.29 is 12.6 Å². The Bertz CT molecular complexity index is 1140. The van der Waals surface area contributed by atoms with E-state index in [1.165, 1.54) is 35.9 Å². The molecule has 3 aromatic rings. The lowest BCUT2D eigenvalue weighted by Gasteiger charge is -2.09. The Morgan fingerprint density at radius 3 is 2.29 bits per heavy atom. The summed E-state index contributed by atoms with van der Waals surface area (Å²) in [6, 6.07) is 16.5. The summed E-state index contributed by atoms with van der Waals surface area (Å²) in [6.07, 6.45) is 1.67. The first-order chi connectivity index (χ1) is 13.2. The number of halogens is 2. The minimum atomic E-state index is -4.01. The van der Waals surface area contributed by atoms with Crippen LogP contribution >= 0.6 is 23.2 Å². The van der Waals surface area contributed by atoms with Crippen LogP contribution < -0.4 is 4.18 Å². The van der Waals surface area contributed by atoms with Gasteiger partial charge in [-0.2, -0.15) is 8.42 Å². The van der Waals surface area contributed by atoms with E-state index in [9.17, 15) is 8.42 Å². The highest BCUT2D eigenvalue weighted by atomic mass is 35.5. The molecule has 0 atom stereocenters. The second kappa shape index (κ2) is 8.35. The second-order valence-corrected chi connectivity index (χ2v) is 8.62. The maximum absolute atomic E-state index is 12.4. The fraction of sp³-hybridized carbons (Fsp3) is 0.0952. The maximum Gasteiger partial charge on any atom is 0.339 e. The summed E-state index contributed by atoms with van der Waals surface area (Å²) in [7, 11) is -4.01. The molecule has 0 bridgehead atoms. The first kappa shape index (κ1) is 20.4. The molecule has 0 fully saturated rings. The van der Waals surface area contributed by atoms with E-state index in [1.807, 2.05) is 26.0 Å². The molecule has 3 rings (SSSR count). The Balaban J connectivity index is 1.80. The van der Waals surface area contributed by atoms with E-state index in [4.69, 9.17) is 27.4 Å². The average Bonchev–Trinajstić information content (AvgIpc) is 2.63. The topological polar surface area (TPSA) is 55.7 Å². The number of aliphatic imine (C=N–C) groups is 1. The number of hydrogen-bond acceptors (Lipinski definition) is 4. The molecule has 0 saturated carbocycles. The van der Waals surface area contributed by atoms with E-state index < -0.39 is 10.1 Å². The van der Waals surface area contributed by atoms with E-state index in [1.54, 1.807) is 18.3 Å². The first-order valence-corrected chi connectivity index (χ1v) is 10.5. The third-order valence-corrected chi connectivity index (χ3v) is 5.76. The van der Waals surface area contributed by atoms with Crippen LogP contribution in [0.5, 0.6) is 5.75 Å². The highest BCUT2D eigenvalue weighted by Gasteiger charge is 2.18. The van der Waals surface area contributed by atoms with Gasteiger partial charge in [-0.15, -0.1) is 0 Å². The molecule has 28 heavy (non-hydrogen) atoms. The SMILES string of the molecule is Cc1ccc(N=Cc2ccc(OS(=O)(=O)c3ccc(Cl)cc3)c(Cl)c2)c(C)c1. The lowest BCUT2D eigenvalue weighted by Crippen LogP contribution is -2.10. The van der Waals surface area contributed by atoms with Gasteiger partial charge in [0.25, 0.3) is 0 Å². The van der Waals surface area contributed by atoms with Crippen LogP contribution in [0, 0.1) is 13.8 Å². The van der Waals surface area contributed by atoms with Crippen molar-refractivity contribution in [3.63, 3.8) is 0 Å². The van der Waals surface area contributed by atoms with Gasteiger partial charge in [0.15, 0.2) is 5.75 Å². The fourth-order valence-corrected chi connectivity index (χ4v) is 3.87. The minimum absolute atomic E-state index is 0.00606. The summed E-state index contributed by atoms with van der Waals surface area (Å²) in [5, 5.41) is 0.603. The monoisotopic (exact) mass is 433 g/mol. The molecule has 0 N–H and O–H groups in total. The average molecular weight is 434 g/mol. The smallest absolute Gasteiger partial charge is 0.339 e. The van der Waals surface area contributed by atoms with Crippen LogP contribution in [0.3, 0.4) is 0 Å². The summed E-state index contributed by atoms with van der Waals surface area (Å²) in [4.78, 5) is 4.46. The largest absolute Gasteiger partial charge is 0.377 e. The summed E-state index contributed by atoms with van der Waals surface area (Å²) >= 11 is 12.0. The van der Waals surface area contributed by atoms with Crippen molar-refractivity contribution in [1.29, 1.82) is 0 Å². The molecule has 0 unspecified atom stereocenters. The Morgan fingerprint density at radius 2 is 1.64 bits per heavy atom. The van der Waals surface area contributed by atoms with Crippen molar-refractivity contribution in [2.24, 2.45) is 4.99 Å². The Morgan fingerprint density at radius 1 is 0.929 bits per heavy atom. The molecule has 0 amide bonds. The third kappa shape index (κ3) is 4.93. The molecular formula is C21H17Cl2NO3S. The number of hydrogen-bond donors (Lipinski definition) is 0. The lowest BCUT2D eigenvalue weighted by molar-refractivity contribution is 0.486. The number of aryl methyl sites for hydroxylation is 2. The highest BCUT2D eigenvalue weighted by molar-refractivity contribution is 7.87. The predicted octanol–water partition coefficient (Wildman–Crippen LogP) is 6.13. The molecule has 0 aliphatic heterocycles. The van der Waals surface area contributed by atoms with Crippen molar-refractivity contribution in [3.8, 4) is 5.75 Å². The van der Waals surface area contributed by atoms with E-state index in [-0.39, 0.29) is 15.7 Å². The van der Waals surface area contributed by atoms with Gasteiger partial charge >= 0.3 is 10.1 Å². The maximum atomic E-state index is 12.4. The summed E-state index contributed by atoms with van der Waals surface area (Å²) in [6.45, 7) is 4.02. The van der Waals surface area contributed by atoms with Crippen LogP contribution in [-0.2, 0) is 10.1 Å². The van der Waals surface area contributed by atoms with Gasteiger partial charge in [-0.3, -0.25) is 4.99 Å². The van der Waals surface area contributed by atoms with Crippen LogP contribution in [0.4, 0.5) is 5.69 Å². The molecule has 0 aliphatic carbocycles. The minimum Gasteiger partial charge on any atom is -0.377 e. The molecule has 0 aliphatic rings. The van der Waals surface area contributed by atoms with Gasteiger partial charge in [0.1, 0.15) is 4.90 Å².